The van der Waals surface area contributed by atoms with Crippen LogP contribution in [-0.2, 0) is 6.54 Å². The Morgan fingerprint density at radius 2 is 1.46 bits per heavy atom. The third kappa shape index (κ3) is 2.85. The number of aryl methyl sites for hydroxylation is 1. The first-order valence-corrected chi connectivity index (χ1v) is 8.55. The Bertz CT molecular complexity index is 936. The van der Waals surface area contributed by atoms with Crippen molar-refractivity contribution in [3.8, 4) is 5.75 Å². The highest BCUT2D eigenvalue weighted by atomic mass is 35.5. The average molecular weight is 336 g/mol. The van der Waals surface area contributed by atoms with E-state index in [-0.39, 0.29) is 0 Å². The van der Waals surface area contributed by atoms with Crippen molar-refractivity contribution in [1.82, 2.24) is 4.57 Å². The van der Waals surface area contributed by atoms with Gasteiger partial charge >= 0.3 is 0 Å². The number of halogens is 1. The molecule has 0 saturated carbocycles. The molecule has 4 aromatic rings. The summed E-state index contributed by atoms with van der Waals surface area (Å²) in [6.07, 6.45) is 0.940. The standard InChI is InChI=1S/C21H18ClNO/c22-16-7-5-8-17(15-16)24-14-6-13-23-20-11-3-1-9-18(20)19-10-2-4-12-21(19)23/h1-5,7-12,15H,6,13-14H2. The van der Waals surface area contributed by atoms with Crippen molar-refractivity contribution in [1.29, 1.82) is 0 Å². The molecule has 0 aliphatic rings. The van der Waals surface area contributed by atoms with Crippen LogP contribution in [0.4, 0.5) is 0 Å². The number of hydrogen-bond donors (Lipinski definition) is 0. The molecule has 0 N–H and O–H groups in total. The van der Waals surface area contributed by atoms with Gasteiger partial charge in [0.05, 0.1) is 6.61 Å². The smallest absolute Gasteiger partial charge is 0.120 e. The summed E-state index contributed by atoms with van der Waals surface area (Å²) in [5, 5.41) is 3.32. The molecule has 24 heavy (non-hydrogen) atoms. The van der Waals surface area contributed by atoms with Gasteiger partial charge in [0.15, 0.2) is 0 Å². The van der Waals surface area contributed by atoms with Crippen molar-refractivity contribution >= 4 is 33.4 Å². The Morgan fingerprint density at radius 1 is 0.792 bits per heavy atom. The molecule has 0 atom stereocenters. The predicted octanol–water partition coefficient (Wildman–Crippen LogP) is 5.92. The van der Waals surface area contributed by atoms with E-state index < -0.39 is 0 Å². The molecule has 3 aromatic carbocycles. The molecule has 4 rings (SSSR count). The fraction of sp³-hybridized carbons (Fsp3) is 0.143. The van der Waals surface area contributed by atoms with Crippen LogP contribution in [0.3, 0.4) is 0 Å². The summed E-state index contributed by atoms with van der Waals surface area (Å²) in [7, 11) is 0. The van der Waals surface area contributed by atoms with Crippen LogP contribution in [0.1, 0.15) is 6.42 Å². The number of ether oxygens (including phenoxy) is 1. The summed E-state index contributed by atoms with van der Waals surface area (Å²) in [5.74, 6) is 0.824. The van der Waals surface area contributed by atoms with E-state index in [4.69, 9.17) is 16.3 Å². The van der Waals surface area contributed by atoms with E-state index in [1.165, 1.54) is 21.8 Å². The van der Waals surface area contributed by atoms with Crippen LogP contribution < -0.4 is 4.74 Å². The van der Waals surface area contributed by atoms with Crippen molar-refractivity contribution in [2.45, 2.75) is 13.0 Å². The van der Waals surface area contributed by atoms with Gasteiger partial charge in [0.25, 0.3) is 0 Å². The second-order valence-corrected chi connectivity index (χ2v) is 6.28. The van der Waals surface area contributed by atoms with E-state index in [2.05, 4.69) is 53.1 Å². The van der Waals surface area contributed by atoms with E-state index in [0.717, 1.165) is 18.7 Å². The summed E-state index contributed by atoms with van der Waals surface area (Å²) in [6.45, 7) is 1.59. The molecule has 1 heterocycles. The summed E-state index contributed by atoms with van der Waals surface area (Å²) in [4.78, 5) is 0. The minimum Gasteiger partial charge on any atom is -0.493 e. The van der Waals surface area contributed by atoms with Crippen molar-refractivity contribution in [3.63, 3.8) is 0 Å². The minimum atomic E-state index is 0.668. The lowest BCUT2D eigenvalue weighted by atomic mass is 10.2. The zero-order valence-electron chi connectivity index (χ0n) is 13.3. The number of rotatable bonds is 5. The lowest BCUT2D eigenvalue weighted by Crippen LogP contribution is -2.04. The van der Waals surface area contributed by atoms with Gasteiger partial charge in [-0.2, -0.15) is 0 Å². The summed E-state index contributed by atoms with van der Waals surface area (Å²) in [5.41, 5.74) is 2.56. The molecule has 3 heteroatoms. The molecule has 0 fully saturated rings. The SMILES string of the molecule is Clc1cccc(OCCCn2c3ccccc3c3ccccc32)c1. The molecule has 0 aliphatic carbocycles. The van der Waals surface area contributed by atoms with E-state index >= 15 is 0 Å². The largest absolute Gasteiger partial charge is 0.493 e. The molecule has 0 unspecified atom stereocenters. The van der Waals surface area contributed by atoms with E-state index in [1.807, 2.05) is 24.3 Å². The van der Waals surface area contributed by atoms with Gasteiger partial charge in [-0.3, -0.25) is 0 Å². The molecular formula is C21H18ClNO. The molecule has 0 aliphatic heterocycles. The third-order valence-electron chi connectivity index (χ3n) is 4.27. The minimum absolute atomic E-state index is 0.668. The average Bonchev–Trinajstić information content (AvgIpc) is 2.93. The monoisotopic (exact) mass is 335 g/mol. The number of fused-ring (bicyclic) bond motifs is 3. The lowest BCUT2D eigenvalue weighted by Gasteiger charge is -2.09. The molecule has 0 spiro atoms. The molecule has 0 bridgehead atoms. The zero-order chi connectivity index (χ0) is 16.4. The first-order chi connectivity index (χ1) is 11.8. The topological polar surface area (TPSA) is 14.2 Å². The van der Waals surface area contributed by atoms with Crippen LogP contribution in [0, 0.1) is 0 Å². The predicted molar refractivity (Wildman–Crippen MR) is 101 cm³/mol. The molecule has 0 radical (unpaired) electrons. The van der Waals surface area contributed by atoms with Gasteiger partial charge in [0.2, 0.25) is 0 Å². The fourth-order valence-electron chi connectivity index (χ4n) is 3.21. The van der Waals surface area contributed by atoms with Crippen molar-refractivity contribution in [2.24, 2.45) is 0 Å². The molecule has 0 amide bonds. The van der Waals surface area contributed by atoms with Gasteiger partial charge in [-0.15, -0.1) is 0 Å². The fourth-order valence-corrected chi connectivity index (χ4v) is 3.39. The Balaban J connectivity index is 1.53. The number of hydrogen-bond acceptors (Lipinski definition) is 1. The maximum Gasteiger partial charge on any atom is 0.120 e. The van der Waals surface area contributed by atoms with Crippen LogP contribution >= 0.6 is 11.6 Å². The quantitative estimate of drug-likeness (QED) is 0.413. The van der Waals surface area contributed by atoms with E-state index in [1.54, 1.807) is 0 Å². The van der Waals surface area contributed by atoms with E-state index in [0.29, 0.717) is 11.6 Å². The molecule has 0 saturated heterocycles. The Kier molecular flexibility index (Phi) is 4.14. The maximum absolute atomic E-state index is 5.99. The van der Waals surface area contributed by atoms with Gasteiger partial charge in [-0.05, 0) is 36.8 Å². The van der Waals surface area contributed by atoms with Gasteiger partial charge in [-0.1, -0.05) is 54.1 Å². The number of para-hydroxylation sites is 2. The second-order valence-electron chi connectivity index (χ2n) is 5.85. The first kappa shape index (κ1) is 15.1. The van der Waals surface area contributed by atoms with Crippen LogP contribution in [0.15, 0.2) is 72.8 Å². The Morgan fingerprint density at radius 3 is 2.12 bits per heavy atom. The molecule has 2 nitrogen and oxygen atoms in total. The lowest BCUT2D eigenvalue weighted by molar-refractivity contribution is 0.303. The Hall–Kier alpha value is -2.45. The molecule has 1 aromatic heterocycles. The second kappa shape index (κ2) is 6.58. The van der Waals surface area contributed by atoms with Crippen LogP contribution in [0.5, 0.6) is 5.75 Å². The highest BCUT2D eigenvalue weighted by molar-refractivity contribution is 6.30. The zero-order valence-corrected chi connectivity index (χ0v) is 14.0. The number of aromatic nitrogens is 1. The summed E-state index contributed by atoms with van der Waals surface area (Å²) >= 11 is 5.99. The number of benzene rings is 3. The maximum atomic E-state index is 5.99. The Labute approximate surface area is 146 Å². The van der Waals surface area contributed by atoms with E-state index in [9.17, 15) is 0 Å². The van der Waals surface area contributed by atoms with Gasteiger partial charge in [0, 0.05) is 33.4 Å². The number of nitrogens with zero attached hydrogens (tertiary/aromatic N) is 1. The van der Waals surface area contributed by atoms with Crippen molar-refractivity contribution < 1.29 is 4.74 Å². The molecule has 120 valence electrons. The van der Waals surface area contributed by atoms with Crippen LogP contribution in [0.25, 0.3) is 21.8 Å². The summed E-state index contributed by atoms with van der Waals surface area (Å²) < 4.78 is 8.19. The third-order valence-corrected chi connectivity index (χ3v) is 4.51. The van der Waals surface area contributed by atoms with Crippen molar-refractivity contribution in [3.05, 3.63) is 77.8 Å². The van der Waals surface area contributed by atoms with Gasteiger partial charge < -0.3 is 9.30 Å². The molecular weight excluding hydrogens is 318 g/mol. The first-order valence-electron chi connectivity index (χ1n) is 8.17. The van der Waals surface area contributed by atoms with Gasteiger partial charge in [0.1, 0.15) is 5.75 Å². The van der Waals surface area contributed by atoms with Crippen LogP contribution in [-0.4, -0.2) is 11.2 Å². The highest BCUT2D eigenvalue weighted by Gasteiger charge is 2.09. The normalized spacial score (nSPS) is 11.2. The highest BCUT2D eigenvalue weighted by Crippen LogP contribution is 2.28. The van der Waals surface area contributed by atoms with Crippen LogP contribution in [0.2, 0.25) is 5.02 Å². The van der Waals surface area contributed by atoms with Gasteiger partial charge in [-0.25, -0.2) is 0 Å². The summed E-state index contributed by atoms with van der Waals surface area (Å²) in [6, 6.07) is 24.7. The van der Waals surface area contributed by atoms with Crippen molar-refractivity contribution in [2.75, 3.05) is 6.61 Å².